The number of aryl methyl sites for hydroxylation is 3. The molecule has 18 heteroatoms. The van der Waals surface area contributed by atoms with Gasteiger partial charge in [-0.1, -0.05) is 78.3 Å². The number of nitro groups is 1. The Balaban J connectivity index is 1.05. The lowest BCUT2D eigenvalue weighted by Crippen LogP contribution is -2.45. The molecule has 5 N–H and O–H groups in total. The van der Waals surface area contributed by atoms with Gasteiger partial charge in [0.15, 0.2) is 0 Å². The maximum absolute atomic E-state index is 14.4. The maximum atomic E-state index is 14.4. The molecule has 1 amide bonds. The quantitative estimate of drug-likeness (QED) is 0.0151. The summed E-state index contributed by atoms with van der Waals surface area (Å²) in [6.45, 7) is 6.08. The van der Waals surface area contributed by atoms with Crippen LogP contribution >= 0.6 is 23.4 Å². The van der Waals surface area contributed by atoms with E-state index in [9.17, 15) is 33.5 Å². The van der Waals surface area contributed by atoms with Crippen LogP contribution in [0.5, 0.6) is 0 Å². The van der Waals surface area contributed by atoms with Crippen LogP contribution < -0.4 is 15.4 Å². The van der Waals surface area contributed by atoms with Crippen LogP contribution in [0.15, 0.2) is 137 Å². The molecule has 73 heavy (non-hydrogen) atoms. The lowest BCUT2D eigenvalue weighted by molar-refractivity contribution is -0.384. The molecule has 0 aliphatic carbocycles. The zero-order valence-electron chi connectivity index (χ0n) is 41.8. The molecule has 1 saturated heterocycles. The Hall–Kier alpha value is -5.76. The number of aromatic nitrogens is 1. The first-order valence-corrected chi connectivity index (χ1v) is 27.6. The van der Waals surface area contributed by atoms with Gasteiger partial charge in [0.25, 0.3) is 21.6 Å². The Morgan fingerprint density at radius 1 is 0.863 bits per heavy atom. The average Bonchev–Trinajstić information content (AvgIpc) is 3.78. The molecule has 1 aromatic heterocycles. The van der Waals surface area contributed by atoms with Gasteiger partial charge in [-0.25, -0.2) is 8.42 Å². The lowest BCUT2D eigenvalue weighted by atomic mass is 9.94. The van der Waals surface area contributed by atoms with Crippen molar-refractivity contribution in [3.8, 4) is 22.3 Å². The highest BCUT2D eigenvalue weighted by Crippen LogP contribution is 2.38. The van der Waals surface area contributed by atoms with Gasteiger partial charge in [-0.05, 0) is 137 Å². The van der Waals surface area contributed by atoms with Crippen molar-refractivity contribution in [3.63, 3.8) is 0 Å². The van der Waals surface area contributed by atoms with Crippen LogP contribution in [-0.2, 0) is 29.4 Å². The van der Waals surface area contributed by atoms with Crippen LogP contribution in [0.25, 0.3) is 22.3 Å². The number of nitrogens with zero attached hydrogens (tertiary/aromatic N) is 5. The van der Waals surface area contributed by atoms with E-state index in [0.717, 1.165) is 90.0 Å². The maximum Gasteiger partial charge on any atom is 0.293 e. The van der Waals surface area contributed by atoms with Crippen molar-refractivity contribution >= 4 is 56.4 Å². The predicted molar refractivity (Wildman–Crippen MR) is 294 cm³/mol. The molecule has 5 aromatic carbocycles. The molecular formula is C55H67ClN8O7S2. The van der Waals surface area contributed by atoms with Crippen molar-refractivity contribution in [2.45, 2.75) is 60.6 Å². The molecule has 6 aromatic rings. The number of piperazine rings is 1. The summed E-state index contributed by atoms with van der Waals surface area (Å²) < 4.78 is 31.8. The molecule has 2 heterocycles. The SMILES string of the molecule is CN(C)CC[C@H](CSc1ccccc1)Nc1ccc(S(=O)(=O)Nc2ccc(CCc3cccc(-c4c(-c5ccc(Cl)cc5)cn(CC[C@H](O)CO)c4C(=O)NCCCN4CCN(C)CC4)c3)cc2)cc1[N+](=O)[O-]. The van der Waals surface area contributed by atoms with Crippen LogP contribution in [0, 0.1) is 10.1 Å². The minimum Gasteiger partial charge on any atom is -0.394 e. The second-order valence-electron chi connectivity index (χ2n) is 18.8. The van der Waals surface area contributed by atoms with Crippen LogP contribution in [0.3, 0.4) is 0 Å². The van der Waals surface area contributed by atoms with E-state index in [1.165, 1.54) is 12.1 Å². The molecule has 388 valence electrons. The number of nitrogens with one attached hydrogen (secondary N) is 3. The third-order valence-corrected chi connectivity index (χ3v) is 15.8. The van der Waals surface area contributed by atoms with Crippen molar-refractivity contribution in [1.82, 2.24) is 24.6 Å². The smallest absolute Gasteiger partial charge is 0.293 e. The first-order valence-electron chi connectivity index (χ1n) is 24.7. The van der Waals surface area contributed by atoms with Crippen molar-refractivity contribution in [2.75, 3.05) is 89.4 Å². The predicted octanol–water partition coefficient (Wildman–Crippen LogP) is 8.60. The van der Waals surface area contributed by atoms with Crippen LogP contribution in [0.2, 0.25) is 5.02 Å². The molecule has 0 unspecified atom stereocenters. The number of benzene rings is 5. The lowest BCUT2D eigenvalue weighted by Gasteiger charge is -2.32. The summed E-state index contributed by atoms with van der Waals surface area (Å²) in [6.07, 6.45) is 4.01. The zero-order chi connectivity index (χ0) is 51.9. The summed E-state index contributed by atoms with van der Waals surface area (Å²) in [7, 11) is 1.88. The molecule has 2 atom stereocenters. The van der Waals surface area contributed by atoms with Gasteiger partial charge in [-0.15, -0.1) is 11.8 Å². The highest BCUT2D eigenvalue weighted by molar-refractivity contribution is 7.99. The number of hydrogen-bond acceptors (Lipinski definition) is 12. The molecule has 1 aliphatic heterocycles. The molecule has 1 aliphatic rings. The number of thioether (sulfide) groups is 1. The average molecular weight is 1050 g/mol. The third kappa shape index (κ3) is 15.9. The van der Waals surface area contributed by atoms with Crippen LogP contribution in [0.1, 0.15) is 40.9 Å². The van der Waals surface area contributed by atoms with Gasteiger partial charge in [0.1, 0.15) is 11.4 Å². The number of anilines is 2. The van der Waals surface area contributed by atoms with Crippen molar-refractivity contribution in [1.29, 1.82) is 0 Å². The topological polar surface area (TPSA) is 186 Å². The van der Waals surface area contributed by atoms with E-state index in [-0.39, 0.29) is 41.2 Å². The minimum atomic E-state index is -4.19. The number of nitro benzene ring substituents is 1. The Kier molecular flexibility index (Phi) is 19.9. The van der Waals surface area contributed by atoms with Gasteiger partial charge in [-0.2, -0.15) is 0 Å². The van der Waals surface area contributed by atoms with Crippen LogP contribution in [-0.4, -0.2) is 140 Å². The number of halogens is 1. The molecule has 0 radical (unpaired) electrons. The highest BCUT2D eigenvalue weighted by Gasteiger charge is 2.26. The second kappa shape index (κ2) is 26.5. The number of sulfonamides is 1. The van der Waals surface area contributed by atoms with Gasteiger partial charge >= 0.3 is 0 Å². The van der Waals surface area contributed by atoms with E-state index < -0.39 is 21.1 Å². The summed E-state index contributed by atoms with van der Waals surface area (Å²) in [5.74, 6) is 0.424. The minimum absolute atomic E-state index is 0.127. The number of hydrogen-bond donors (Lipinski definition) is 5. The molecule has 15 nitrogen and oxygen atoms in total. The first-order chi connectivity index (χ1) is 35.1. The third-order valence-electron chi connectivity index (χ3n) is 13.0. The summed E-state index contributed by atoms with van der Waals surface area (Å²) >= 11 is 7.98. The largest absolute Gasteiger partial charge is 0.394 e. The van der Waals surface area contributed by atoms with Crippen molar-refractivity contribution in [3.05, 3.63) is 159 Å². The Morgan fingerprint density at radius 3 is 2.29 bits per heavy atom. The van der Waals surface area contributed by atoms with E-state index >= 15 is 0 Å². The molecule has 0 bridgehead atoms. The summed E-state index contributed by atoms with van der Waals surface area (Å²) in [5.41, 5.74) is 5.95. The Labute approximate surface area is 438 Å². The molecular weight excluding hydrogens is 984 g/mol. The fraction of sp³-hybridized carbons (Fsp3) is 0.364. The van der Waals surface area contributed by atoms with Crippen molar-refractivity contribution in [2.24, 2.45) is 0 Å². The standard InChI is InChI=1S/C55H67ClN8O7S2/c1-60(2)29-25-46(39-72-48-11-5-4-6-12-48)58-51-24-23-49(36-52(51)64(68)69)73(70,71)59-45-21-15-40(16-22-45)13-14-41-9-7-10-43(35-41)53-50(42-17-19-44(56)20-18-42)37-63(30-26-47(66)38-65)54(53)55(67)57-27-8-28-62-33-31-61(3)32-34-62/h4-7,9-12,15-24,35-37,46-47,58-59,65-66H,8,13-14,25-34,38-39H2,1-3H3,(H,57,67)/t46-,47+/m1/s1. The second-order valence-corrected chi connectivity index (χ2v) is 22.1. The van der Waals surface area contributed by atoms with Crippen LogP contribution in [0.4, 0.5) is 17.1 Å². The Bertz CT molecular complexity index is 2860. The van der Waals surface area contributed by atoms with E-state index in [1.807, 2.05) is 110 Å². The number of rotatable bonds is 26. The number of aliphatic hydroxyl groups excluding tert-OH is 2. The van der Waals surface area contributed by atoms with E-state index in [2.05, 4.69) is 43.2 Å². The normalized spacial score (nSPS) is 14.2. The summed E-state index contributed by atoms with van der Waals surface area (Å²) in [4.78, 5) is 33.8. The zero-order valence-corrected chi connectivity index (χ0v) is 44.1. The fourth-order valence-corrected chi connectivity index (χ4v) is 11.0. The number of carbonyl (C=O) groups is 1. The van der Waals surface area contributed by atoms with Gasteiger partial charge < -0.3 is 40.1 Å². The van der Waals surface area contributed by atoms with Gasteiger partial charge in [0, 0.05) is 90.1 Å². The van der Waals surface area contributed by atoms with E-state index in [1.54, 1.807) is 23.9 Å². The van der Waals surface area contributed by atoms with Gasteiger partial charge in [0.2, 0.25) is 0 Å². The monoisotopic (exact) mass is 1050 g/mol. The van der Waals surface area contributed by atoms with E-state index in [0.29, 0.717) is 54.5 Å². The number of likely N-dealkylation sites (N-methyl/N-ethyl adjacent to an activating group) is 1. The fourth-order valence-electron chi connectivity index (χ4n) is 8.78. The summed E-state index contributed by atoms with van der Waals surface area (Å²) in [5, 5.41) is 39.5. The highest BCUT2D eigenvalue weighted by atomic mass is 35.5. The van der Waals surface area contributed by atoms with Crippen molar-refractivity contribution < 1.29 is 28.3 Å². The summed E-state index contributed by atoms with van der Waals surface area (Å²) in [6, 6.07) is 36.4. The molecule has 0 saturated carbocycles. The molecule has 7 rings (SSSR count). The first kappa shape index (κ1) is 55.0. The Morgan fingerprint density at radius 2 is 1.59 bits per heavy atom. The van der Waals surface area contributed by atoms with Gasteiger partial charge in [0.05, 0.1) is 22.5 Å². The van der Waals surface area contributed by atoms with E-state index in [4.69, 9.17) is 11.6 Å². The number of amides is 1. The molecule has 1 fully saturated rings. The number of carbonyl (C=O) groups excluding carboxylic acids is 1. The molecule has 0 spiro atoms. The number of aliphatic hydroxyl groups is 2. The van der Waals surface area contributed by atoms with Gasteiger partial charge in [-0.3, -0.25) is 19.6 Å².